The topological polar surface area (TPSA) is 69.2 Å². The molecular formula is C8H6N2O3. The summed E-state index contributed by atoms with van der Waals surface area (Å²) in [5.74, 6) is 0.596. The number of aryl methyl sites for hydroxylation is 1. The van der Waals surface area contributed by atoms with E-state index in [2.05, 4.69) is 5.16 Å². The molecule has 0 aliphatic heterocycles. The van der Waals surface area contributed by atoms with E-state index in [1.54, 1.807) is 19.1 Å². The largest absolute Gasteiger partial charge is 0.360 e. The van der Waals surface area contributed by atoms with Crippen LogP contribution in [0.1, 0.15) is 5.76 Å². The molecule has 0 aliphatic rings. The Kier molecular flexibility index (Phi) is 1.51. The van der Waals surface area contributed by atoms with Crippen LogP contribution in [0.25, 0.3) is 10.9 Å². The predicted octanol–water partition coefficient (Wildman–Crippen LogP) is 2.04. The third-order valence-corrected chi connectivity index (χ3v) is 1.86. The first-order valence-electron chi connectivity index (χ1n) is 3.69. The van der Waals surface area contributed by atoms with Crippen LogP contribution in [0.5, 0.6) is 0 Å². The van der Waals surface area contributed by atoms with E-state index in [0.717, 1.165) is 0 Å². The van der Waals surface area contributed by atoms with E-state index in [0.29, 0.717) is 16.7 Å². The molecule has 0 radical (unpaired) electrons. The van der Waals surface area contributed by atoms with Crippen LogP contribution in [-0.2, 0) is 0 Å². The Morgan fingerprint density at radius 2 is 2.31 bits per heavy atom. The molecule has 0 amide bonds. The first-order chi connectivity index (χ1) is 6.20. The Labute approximate surface area is 73.1 Å². The van der Waals surface area contributed by atoms with Crippen molar-refractivity contribution in [3.63, 3.8) is 0 Å². The molecule has 0 saturated carbocycles. The second-order valence-corrected chi connectivity index (χ2v) is 2.67. The van der Waals surface area contributed by atoms with Gasteiger partial charge in [0.2, 0.25) is 0 Å². The lowest BCUT2D eigenvalue weighted by Gasteiger charge is -1.89. The third kappa shape index (κ3) is 1.05. The van der Waals surface area contributed by atoms with E-state index >= 15 is 0 Å². The lowest BCUT2D eigenvalue weighted by atomic mass is 10.2. The number of nitro groups is 1. The second kappa shape index (κ2) is 2.55. The van der Waals surface area contributed by atoms with E-state index in [1.807, 2.05) is 0 Å². The van der Waals surface area contributed by atoms with Crippen molar-refractivity contribution in [2.45, 2.75) is 6.92 Å². The average Bonchev–Trinajstić information content (AvgIpc) is 2.48. The van der Waals surface area contributed by atoms with Crippen LogP contribution in [0, 0.1) is 17.0 Å². The van der Waals surface area contributed by atoms with E-state index in [1.165, 1.54) is 6.07 Å². The van der Waals surface area contributed by atoms with Gasteiger partial charge < -0.3 is 4.52 Å². The molecule has 0 saturated heterocycles. The molecule has 0 spiro atoms. The summed E-state index contributed by atoms with van der Waals surface area (Å²) in [4.78, 5) is 10.1. The fraction of sp³-hybridized carbons (Fsp3) is 0.125. The average molecular weight is 178 g/mol. The zero-order valence-corrected chi connectivity index (χ0v) is 6.85. The number of hydrogen-bond acceptors (Lipinski definition) is 4. The van der Waals surface area contributed by atoms with Gasteiger partial charge in [0.15, 0.2) is 5.52 Å². The van der Waals surface area contributed by atoms with Gasteiger partial charge in [0.05, 0.1) is 10.3 Å². The standard InChI is InChI=1S/C8H6N2O3/c1-5-6-3-2-4-7(10(11)12)8(6)9-13-5/h2-4H,1H3. The highest BCUT2D eigenvalue weighted by atomic mass is 16.6. The van der Waals surface area contributed by atoms with Crippen molar-refractivity contribution in [3.05, 3.63) is 34.1 Å². The monoisotopic (exact) mass is 178 g/mol. The molecule has 0 bridgehead atoms. The van der Waals surface area contributed by atoms with Crippen molar-refractivity contribution >= 4 is 16.6 Å². The van der Waals surface area contributed by atoms with Gasteiger partial charge in [-0.15, -0.1) is 0 Å². The summed E-state index contributed by atoms with van der Waals surface area (Å²) in [7, 11) is 0. The number of fused-ring (bicyclic) bond motifs is 1. The number of benzene rings is 1. The molecule has 2 aromatic rings. The highest BCUT2D eigenvalue weighted by molar-refractivity contribution is 5.88. The van der Waals surface area contributed by atoms with E-state index < -0.39 is 4.92 Å². The van der Waals surface area contributed by atoms with Crippen molar-refractivity contribution in [1.82, 2.24) is 5.16 Å². The molecule has 5 heteroatoms. The maximum absolute atomic E-state index is 10.5. The van der Waals surface area contributed by atoms with E-state index in [-0.39, 0.29) is 5.69 Å². The molecular weight excluding hydrogens is 172 g/mol. The Bertz CT molecular complexity index is 475. The molecule has 5 nitrogen and oxygen atoms in total. The summed E-state index contributed by atoms with van der Waals surface area (Å²) >= 11 is 0. The van der Waals surface area contributed by atoms with Gasteiger partial charge in [-0.1, -0.05) is 11.2 Å². The van der Waals surface area contributed by atoms with E-state index in [9.17, 15) is 10.1 Å². The highest BCUT2D eigenvalue weighted by Crippen LogP contribution is 2.25. The van der Waals surface area contributed by atoms with Crippen LogP contribution in [0.4, 0.5) is 5.69 Å². The fourth-order valence-corrected chi connectivity index (χ4v) is 1.22. The minimum Gasteiger partial charge on any atom is -0.360 e. The van der Waals surface area contributed by atoms with Crippen molar-refractivity contribution in [3.8, 4) is 0 Å². The third-order valence-electron chi connectivity index (χ3n) is 1.86. The van der Waals surface area contributed by atoms with Crippen molar-refractivity contribution in [1.29, 1.82) is 0 Å². The van der Waals surface area contributed by atoms with Gasteiger partial charge in [-0.25, -0.2) is 0 Å². The van der Waals surface area contributed by atoms with Crippen molar-refractivity contribution in [2.75, 3.05) is 0 Å². The van der Waals surface area contributed by atoms with Gasteiger partial charge in [0.1, 0.15) is 5.76 Å². The molecule has 0 unspecified atom stereocenters. The normalized spacial score (nSPS) is 10.5. The first-order valence-corrected chi connectivity index (χ1v) is 3.69. The molecule has 1 aromatic heterocycles. The summed E-state index contributed by atoms with van der Waals surface area (Å²) in [5.41, 5.74) is 0.291. The number of nitro benzene ring substituents is 1. The zero-order valence-electron chi connectivity index (χ0n) is 6.85. The van der Waals surface area contributed by atoms with Crippen LogP contribution in [0.3, 0.4) is 0 Å². The Morgan fingerprint density at radius 3 is 3.00 bits per heavy atom. The lowest BCUT2D eigenvalue weighted by molar-refractivity contribution is -0.383. The van der Waals surface area contributed by atoms with Gasteiger partial charge in [-0.3, -0.25) is 10.1 Å². The molecule has 0 atom stereocenters. The summed E-state index contributed by atoms with van der Waals surface area (Å²) in [5, 5.41) is 14.9. The Hall–Kier alpha value is -1.91. The Balaban J connectivity index is 2.84. The molecule has 0 N–H and O–H groups in total. The van der Waals surface area contributed by atoms with Gasteiger partial charge >= 0.3 is 0 Å². The summed E-state index contributed by atoms with van der Waals surface area (Å²) in [6.45, 7) is 1.72. The number of non-ortho nitro benzene ring substituents is 1. The predicted molar refractivity (Wildman–Crippen MR) is 45.4 cm³/mol. The maximum atomic E-state index is 10.5. The van der Waals surface area contributed by atoms with Gasteiger partial charge in [-0.05, 0) is 13.0 Å². The van der Waals surface area contributed by atoms with Gasteiger partial charge in [-0.2, -0.15) is 0 Å². The SMILES string of the molecule is Cc1onc2c([N+](=O)[O-])cccc12. The maximum Gasteiger partial charge on any atom is 0.299 e. The number of rotatable bonds is 1. The lowest BCUT2D eigenvalue weighted by Crippen LogP contribution is -1.88. The molecule has 13 heavy (non-hydrogen) atoms. The molecule has 66 valence electrons. The van der Waals surface area contributed by atoms with Crippen LogP contribution >= 0.6 is 0 Å². The van der Waals surface area contributed by atoms with Crippen LogP contribution in [0.2, 0.25) is 0 Å². The molecule has 0 fully saturated rings. The van der Waals surface area contributed by atoms with Crippen LogP contribution in [-0.4, -0.2) is 10.1 Å². The minimum absolute atomic E-state index is 0.0191. The number of aromatic nitrogens is 1. The van der Waals surface area contributed by atoms with E-state index in [4.69, 9.17) is 4.52 Å². The second-order valence-electron chi connectivity index (χ2n) is 2.67. The quantitative estimate of drug-likeness (QED) is 0.495. The fourth-order valence-electron chi connectivity index (χ4n) is 1.22. The summed E-state index contributed by atoms with van der Waals surface area (Å²) in [6, 6.07) is 4.77. The first kappa shape index (κ1) is 7.72. The molecule has 0 aliphatic carbocycles. The summed E-state index contributed by atoms with van der Waals surface area (Å²) < 4.78 is 4.85. The number of nitrogens with zero attached hydrogens (tertiary/aromatic N) is 2. The van der Waals surface area contributed by atoms with Gasteiger partial charge in [0.25, 0.3) is 5.69 Å². The van der Waals surface area contributed by atoms with Crippen LogP contribution in [0.15, 0.2) is 22.7 Å². The minimum atomic E-state index is -0.468. The smallest absolute Gasteiger partial charge is 0.299 e. The molecule has 1 heterocycles. The van der Waals surface area contributed by atoms with Gasteiger partial charge in [0, 0.05) is 6.07 Å². The molecule has 2 rings (SSSR count). The highest BCUT2D eigenvalue weighted by Gasteiger charge is 2.15. The zero-order chi connectivity index (χ0) is 9.42. The molecule has 1 aromatic carbocycles. The van der Waals surface area contributed by atoms with Crippen molar-refractivity contribution in [2.24, 2.45) is 0 Å². The summed E-state index contributed by atoms with van der Waals surface area (Å²) in [6.07, 6.45) is 0. The van der Waals surface area contributed by atoms with Crippen LogP contribution < -0.4 is 0 Å². The van der Waals surface area contributed by atoms with Crippen molar-refractivity contribution < 1.29 is 9.45 Å². The Morgan fingerprint density at radius 1 is 1.54 bits per heavy atom. The number of hydrogen-bond donors (Lipinski definition) is 0.